The Morgan fingerprint density at radius 3 is 2.58 bits per heavy atom. The average Bonchev–Trinajstić information content (AvgIpc) is 3.28. The van der Waals surface area contributed by atoms with Crippen LogP contribution in [0, 0.1) is 0 Å². The van der Waals surface area contributed by atoms with Gasteiger partial charge in [-0.15, -0.1) is 11.3 Å². The normalized spacial score (nSPS) is 10.5. The van der Waals surface area contributed by atoms with Crippen LogP contribution >= 0.6 is 23.1 Å². The first-order valence-corrected chi connectivity index (χ1v) is 11.0. The van der Waals surface area contributed by atoms with Gasteiger partial charge in [0, 0.05) is 22.0 Å². The van der Waals surface area contributed by atoms with Gasteiger partial charge < -0.3 is 9.47 Å². The minimum atomic E-state index is -0.250. The molecular formula is C23H19N3O3S2. The van der Waals surface area contributed by atoms with Crippen molar-refractivity contribution >= 4 is 34.1 Å². The second kappa shape index (κ2) is 9.63. The standard InChI is InChI=1S/C23H19N3O3S2/c1-28-19-11-10-15(13-20(19)29-2)18-14-30-23(25-18)26-21(27)17-9-6-12-24-22(17)31-16-7-4-3-5-8-16/h3-14H,1-2H3,(H,25,26,27). The first kappa shape index (κ1) is 20.9. The lowest BCUT2D eigenvalue weighted by molar-refractivity contribution is 0.102. The van der Waals surface area contributed by atoms with Gasteiger partial charge in [-0.3, -0.25) is 10.1 Å². The lowest BCUT2D eigenvalue weighted by atomic mass is 10.1. The summed E-state index contributed by atoms with van der Waals surface area (Å²) in [4.78, 5) is 22.9. The van der Waals surface area contributed by atoms with Crippen molar-refractivity contribution in [1.82, 2.24) is 9.97 Å². The predicted molar refractivity (Wildman–Crippen MR) is 123 cm³/mol. The summed E-state index contributed by atoms with van der Waals surface area (Å²) in [5.41, 5.74) is 2.11. The van der Waals surface area contributed by atoms with Gasteiger partial charge in [0.1, 0.15) is 5.03 Å². The molecule has 2 heterocycles. The minimum absolute atomic E-state index is 0.250. The van der Waals surface area contributed by atoms with Crippen molar-refractivity contribution in [2.45, 2.75) is 9.92 Å². The number of hydrogen-bond donors (Lipinski definition) is 1. The fourth-order valence-electron chi connectivity index (χ4n) is 2.87. The second-order valence-electron chi connectivity index (χ2n) is 6.33. The highest BCUT2D eigenvalue weighted by atomic mass is 32.2. The van der Waals surface area contributed by atoms with E-state index in [9.17, 15) is 4.79 Å². The fraction of sp³-hybridized carbons (Fsp3) is 0.0870. The second-order valence-corrected chi connectivity index (χ2v) is 8.25. The Labute approximate surface area is 188 Å². The van der Waals surface area contributed by atoms with Gasteiger partial charge in [0.2, 0.25) is 0 Å². The van der Waals surface area contributed by atoms with Gasteiger partial charge in [0.15, 0.2) is 16.6 Å². The van der Waals surface area contributed by atoms with Gasteiger partial charge in [-0.05, 0) is 42.5 Å². The Hall–Kier alpha value is -3.36. The van der Waals surface area contributed by atoms with Gasteiger partial charge in [-0.1, -0.05) is 30.0 Å². The van der Waals surface area contributed by atoms with Crippen molar-refractivity contribution in [3.8, 4) is 22.8 Å². The number of methoxy groups -OCH3 is 2. The number of anilines is 1. The van der Waals surface area contributed by atoms with E-state index in [-0.39, 0.29) is 5.91 Å². The zero-order chi connectivity index (χ0) is 21.6. The van der Waals surface area contributed by atoms with Crippen molar-refractivity contribution in [3.63, 3.8) is 0 Å². The predicted octanol–water partition coefficient (Wildman–Crippen LogP) is 5.63. The molecule has 4 aromatic rings. The molecule has 1 N–H and O–H groups in total. The smallest absolute Gasteiger partial charge is 0.260 e. The molecule has 0 aliphatic carbocycles. The highest BCUT2D eigenvalue weighted by Crippen LogP contribution is 2.34. The Kier molecular flexibility index (Phi) is 6.49. The summed E-state index contributed by atoms with van der Waals surface area (Å²) in [6.07, 6.45) is 1.68. The van der Waals surface area contributed by atoms with E-state index in [2.05, 4.69) is 15.3 Å². The van der Waals surface area contributed by atoms with E-state index in [1.165, 1.54) is 23.1 Å². The van der Waals surface area contributed by atoms with Gasteiger partial charge >= 0.3 is 0 Å². The summed E-state index contributed by atoms with van der Waals surface area (Å²) in [6.45, 7) is 0. The average molecular weight is 450 g/mol. The Morgan fingerprint density at radius 2 is 1.81 bits per heavy atom. The Morgan fingerprint density at radius 1 is 1.00 bits per heavy atom. The number of carbonyl (C=O) groups is 1. The highest BCUT2D eigenvalue weighted by Gasteiger charge is 2.16. The van der Waals surface area contributed by atoms with Crippen LogP contribution in [0.25, 0.3) is 11.3 Å². The Bertz CT molecular complexity index is 1200. The van der Waals surface area contributed by atoms with Crippen LogP contribution in [0.2, 0.25) is 0 Å². The number of ether oxygens (including phenoxy) is 2. The van der Waals surface area contributed by atoms with Crippen molar-refractivity contribution < 1.29 is 14.3 Å². The molecule has 0 bridgehead atoms. The number of carbonyl (C=O) groups excluding carboxylic acids is 1. The van der Waals surface area contributed by atoms with Crippen LogP contribution < -0.4 is 14.8 Å². The van der Waals surface area contributed by atoms with Gasteiger partial charge in [-0.25, -0.2) is 9.97 Å². The number of thiazole rings is 1. The molecule has 0 atom stereocenters. The van der Waals surface area contributed by atoms with Crippen LogP contribution in [0.1, 0.15) is 10.4 Å². The molecule has 31 heavy (non-hydrogen) atoms. The zero-order valence-corrected chi connectivity index (χ0v) is 18.5. The third-order valence-corrected chi connectivity index (χ3v) is 6.16. The minimum Gasteiger partial charge on any atom is -0.493 e. The van der Waals surface area contributed by atoms with Gasteiger partial charge in [0.25, 0.3) is 5.91 Å². The highest BCUT2D eigenvalue weighted by molar-refractivity contribution is 7.99. The SMILES string of the molecule is COc1ccc(-c2csc(NC(=O)c3cccnc3Sc3ccccc3)n2)cc1OC. The molecule has 0 fully saturated rings. The molecular weight excluding hydrogens is 430 g/mol. The zero-order valence-electron chi connectivity index (χ0n) is 16.9. The number of pyridine rings is 1. The molecule has 0 radical (unpaired) electrons. The fourth-order valence-corrected chi connectivity index (χ4v) is 4.48. The number of benzene rings is 2. The lowest BCUT2D eigenvalue weighted by Crippen LogP contribution is -2.13. The third kappa shape index (κ3) is 4.87. The number of aromatic nitrogens is 2. The largest absolute Gasteiger partial charge is 0.493 e. The van der Waals surface area contributed by atoms with E-state index in [0.29, 0.717) is 27.2 Å². The lowest BCUT2D eigenvalue weighted by Gasteiger charge is -2.08. The van der Waals surface area contributed by atoms with Crippen LogP contribution in [0.5, 0.6) is 11.5 Å². The topological polar surface area (TPSA) is 73.3 Å². The molecule has 0 spiro atoms. The maximum atomic E-state index is 12.9. The maximum Gasteiger partial charge on any atom is 0.260 e. The monoisotopic (exact) mass is 449 g/mol. The summed E-state index contributed by atoms with van der Waals surface area (Å²) in [7, 11) is 3.18. The molecule has 6 nitrogen and oxygen atoms in total. The van der Waals surface area contributed by atoms with Crippen LogP contribution in [0.4, 0.5) is 5.13 Å². The molecule has 2 aromatic heterocycles. The molecule has 4 rings (SSSR count). The summed E-state index contributed by atoms with van der Waals surface area (Å²) >= 11 is 2.81. The van der Waals surface area contributed by atoms with Gasteiger partial charge in [0.05, 0.1) is 25.5 Å². The van der Waals surface area contributed by atoms with E-state index in [1.54, 1.807) is 32.5 Å². The maximum absolute atomic E-state index is 12.9. The van der Waals surface area contributed by atoms with E-state index in [0.717, 1.165) is 16.2 Å². The quantitative estimate of drug-likeness (QED) is 0.394. The van der Waals surface area contributed by atoms with Crippen LogP contribution in [-0.4, -0.2) is 30.1 Å². The molecule has 8 heteroatoms. The van der Waals surface area contributed by atoms with Crippen molar-refractivity contribution in [2.24, 2.45) is 0 Å². The van der Waals surface area contributed by atoms with Gasteiger partial charge in [-0.2, -0.15) is 0 Å². The molecule has 2 aromatic carbocycles. The molecule has 0 aliphatic heterocycles. The summed E-state index contributed by atoms with van der Waals surface area (Å²) in [5, 5.41) is 5.92. The Balaban J connectivity index is 1.53. The molecule has 0 unspecified atom stereocenters. The number of nitrogens with zero attached hydrogens (tertiary/aromatic N) is 2. The van der Waals surface area contributed by atoms with Crippen molar-refractivity contribution in [1.29, 1.82) is 0 Å². The molecule has 156 valence electrons. The van der Waals surface area contributed by atoms with Crippen molar-refractivity contribution in [3.05, 3.63) is 77.8 Å². The summed E-state index contributed by atoms with van der Waals surface area (Å²) in [6, 6.07) is 18.9. The molecule has 0 saturated carbocycles. The summed E-state index contributed by atoms with van der Waals surface area (Å²) < 4.78 is 10.6. The van der Waals surface area contributed by atoms with Crippen molar-refractivity contribution in [2.75, 3.05) is 19.5 Å². The van der Waals surface area contributed by atoms with E-state index in [1.807, 2.05) is 53.9 Å². The first-order valence-electron chi connectivity index (χ1n) is 9.35. The van der Waals surface area contributed by atoms with Crippen LogP contribution in [-0.2, 0) is 0 Å². The molecule has 0 saturated heterocycles. The third-order valence-electron chi connectivity index (χ3n) is 4.38. The van der Waals surface area contributed by atoms with E-state index < -0.39 is 0 Å². The first-order chi connectivity index (χ1) is 15.2. The number of rotatable bonds is 7. The molecule has 1 amide bonds. The van der Waals surface area contributed by atoms with E-state index >= 15 is 0 Å². The molecule has 0 aliphatic rings. The van der Waals surface area contributed by atoms with Crippen LogP contribution in [0.15, 0.2) is 82.2 Å². The number of hydrogen-bond acceptors (Lipinski definition) is 7. The number of nitrogens with one attached hydrogen (secondary N) is 1. The van der Waals surface area contributed by atoms with E-state index in [4.69, 9.17) is 9.47 Å². The van der Waals surface area contributed by atoms with Crippen LogP contribution in [0.3, 0.4) is 0 Å². The summed E-state index contributed by atoms with van der Waals surface area (Å²) in [5.74, 6) is 1.02. The number of amides is 1.